The Morgan fingerprint density at radius 1 is 0.721 bits per heavy atom. The van der Waals surface area contributed by atoms with Gasteiger partial charge in [0.05, 0.1) is 16.3 Å². The zero-order valence-electron chi connectivity index (χ0n) is 21.7. The number of nitrogens with zero attached hydrogens (tertiary/aromatic N) is 5. The summed E-state index contributed by atoms with van der Waals surface area (Å²) in [6.45, 7) is 3.72. The molecule has 0 bridgehead atoms. The SMILES string of the molecule is C=Cc1ccc(N=Nc2ccc(Nc3nc(Cl)nc(Nc4ccc5cc(S(=O)(=O)O)cc(S(=O)(=O)O)c5c4)n3)cc2)cc1. The van der Waals surface area contributed by atoms with Crippen molar-refractivity contribution in [2.24, 2.45) is 10.2 Å². The average molecular weight is 638 g/mol. The number of hydrogen-bond acceptors (Lipinski definition) is 11. The van der Waals surface area contributed by atoms with E-state index in [-0.39, 0.29) is 33.6 Å². The van der Waals surface area contributed by atoms with Crippen LogP contribution in [0.5, 0.6) is 0 Å². The molecule has 0 radical (unpaired) electrons. The first kappa shape index (κ1) is 29.7. The Morgan fingerprint density at radius 3 is 1.84 bits per heavy atom. The maximum atomic E-state index is 12.0. The highest BCUT2D eigenvalue weighted by atomic mass is 35.5. The van der Waals surface area contributed by atoms with E-state index in [1.54, 1.807) is 30.3 Å². The Balaban J connectivity index is 1.36. The van der Waals surface area contributed by atoms with Crippen LogP contribution in [0.1, 0.15) is 5.56 Å². The second-order valence-electron chi connectivity index (χ2n) is 8.85. The Kier molecular flexibility index (Phi) is 8.16. The van der Waals surface area contributed by atoms with Crippen LogP contribution < -0.4 is 10.6 Å². The van der Waals surface area contributed by atoms with E-state index in [1.807, 2.05) is 24.3 Å². The van der Waals surface area contributed by atoms with Crippen molar-refractivity contribution in [2.45, 2.75) is 9.79 Å². The van der Waals surface area contributed by atoms with E-state index in [0.717, 1.165) is 11.6 Å². The lowest BCUT2D eigenvalue weighted by Gasteiger charge is -2.11. The first-order valence-electron chi connectivity index (χ1n) is 12.1. The highest BCUT2D eigenvalue weighted by Gasteiger charge is 2.21. The van der Waals surface area contributed by atoms with Crippen molar-refractivity contribution in [3.05, 3.63) is 96.3 Å². The summed E-state index contributed by atoms with van der Waals surface area (Å²) >= 11 is 6.10. The van der Waals surface area contributed by atoms with Gasteiger partial charge in [0.2, 0.25) is 17.2 Å². The number of benzene rings is 4. The maximum Gasteiger partial charge on any atom is 0.295 e. The van der Waals surface area contributed by atoms with Gasteiger partial charge in [0.25, 0.3) is 20.2 Å². The Bertz CT molecular complexity index is 2110. The van der Waals surface area contributed by atoms with Crippen LogP contribution in [0.25, 0.3) is 16.8 Å². The van der Waals surface area contributed by atoms with E-state index in [2.05, 4.69) is 42.4 Å². The molecule has 0 spiro atoms. The molecule has 218 valence electrons. The molecule has 4 aromatic carbocycles. The monoisotopic (exact) mass is 637 g/mol. The van der Waals surface area contributed by atoms with Gasteiger partial charge in [-0.15, -0.1) is 0 Å². The third-order valence-electron chi connectivity index (χ3n) is 5.86. The lowest BCUT2D eigenvalue weighted by Crippen LogP contribution is -2.05. The lowest BCUT2D eigenvalue weighted by molar-refractivity contribution is 0.482. The van der Waals surface area contributed by atoms with Gasteiger partial charge in [0.1, 0.15) is 4.90 Å². The number of azo groups is 1. The minimum absolute atomic E-state index is 0.00213. The van der Waals surface area contributed by atoms with E-state index in [4.69, 9.17) is 11.6 Å². The predicted molar refractivity (Wildman–Crippen MR) is 162 cm³/mol. The van der Waals surface area contributed by atoms with Crippen molar-refractivity contribution >= 4 is 83.3 Å². The van der Waals surface area contributed by atoms with Gasteiger partial charge in [0, 0.05) is 16.8 Å². The Morgan fingerprint density at radius 2 is 1.28 bits per heavy atom. The summed E-state index contributed by atoms with van der Waals surface area (Å²) in [5.41, 5.74) is 3.17. The van der Waals surface area contributed by atoms with E-state index in [1.165, 1.54) is 18.2 Å². The fraction of sp³-hybridized carbons (Fsp3) is 0. The number of anilines is 4. The third kappa shape index (κ3) is 7.35. The molecule has 5 aromatic rings. The molecular formula is C27H20ClN7O6S2. The van der Waals surface area contributed by atoms with Crippen molar-refractivity contribution in [3.8, 4) is 0 Å². The normalized spacial score (nSPS) is 12.0. The van der Waals surface area contributed by atoms with Gasteiger partial charge in [-0.05, 0) is 83.2 Å². The number of fused-ring (bicyclic) bond motifs is 1. The Labute approximate surface area is 250 Å². The molecule has 16 heteroatoms. The van der Waals surface area contributed by atoms with E-state index < -0.39 is 30.0 Å². The molecule has 0 atom stereocenters. The molecule has 5 rings (SSSR count). The van der Waals surface area contributed by atoms with Crippen LogP contribution in [0, 0.1) is 0 Å². The van der Waals surface area contributed by atoms with Gasteiger partial charge < -0.3 is 10.6 Å². The first-order chi connectivity index (χ1) is 20.4. The molecule has 0 amide bonds. The lowest BCUT2D eigenvalue weighted by atomic mass is 10.1. The van der Waals surface area contributed by atoms with Gasteiger partial charge in [0.15, 0.2) is 0 Å². The van der Waals surface area contributed by atoms with Crippen LogP contribution in [-0.4, -0.2) is 40.9 Å². The molecule has 4 N–H and O–H groups in total. The number of nitrogens with one attached hydrogen (secondary N) is 2. The van der Waals surface area contributed by atoms with Crippen LogP contribution >= 0.6 is 11.6 Å². The molecule has 0 unspecified atom stereocenters. The molecule has 43 heavy (non-hydrogen) atoms. The molecule has 0 aliphatic rings. The highest BCUT2D eigenvalue weighted by Crippen LogP contribution is 2.31. The number of hydrogen-bond donors (Lipinski definition) is 4. The van der Waals surface area contributed by atoms with Crippen molar-refractivity contribution in [2.75, 3.05) is 10.6 Å². The van der Waals surface area contributed by atoms with Crippen molar-refractivity contribution in [1.82, 2.24) is 15.0 Å². The van der Waals surface area contributed by atoms with Crippen LogP contribution in [0.3, 0.4) is 0 Å². The van der Waals surface area contributed by atoms with Gasteiger partial charge in [-0.3, -0.25) is 9.11 Å². The van der Waals surface area contributed by atoms with Gasteiger partial charge in [-0.1, -0.05) is 30.9 Å². The van der Waals surface area contributed by atoms with Crippen molar-refractivity contribution < 1.29 is 25.9 Å². The van der Waals surface area contributed by atoms with Crippen LogP contribution in [0.4, 0.5) is 34.6 Å². The molecule has 0 saturated heterocycles. The minimum Gasteiger partial charge on any atom is -0.324 e. The number of rotatable bonds is 9. The highest BCUT2D eigenvalue weighted by molar-refractivity contribution is 7.86. The predicted octanol–water partition coefficient (Wildman–Crippen LogP) is 6.72. The molecule has 1 heterocycles. The molecule has 0 aliphatic heterocycles. The number of aromatic nitrogens is 3. The molecule has 1 aromatic heterocycles. The van der Waals surface area contributed by atoms with Crippen molar-refractivity contribution in [1.29, 1.82) is 0 Å². The van der Waals surface area contributed by atoms with Crippen molar-refractivity contribution in [3.63, 3.8) is 0 Å². The zero-order chi connectivity index (χ0) is 30.8. The summed E-state index contributed by atoms with van der Waals surface area (Å²) < 4.78 is 66.2. The topological polar surface area (TPSA) is 196 Å². The summed E-state index contributed by atoms with van der Waals surface area (Å²) in [6, 6.07) is 20.3. The first-order valence-corrected chi connectivity index (χ1v) is 15.4. The number of halogens is 1. The molecule has 13 nitrogen and oxygen atoms in total. The van der Waals surface area contributed by atoms with Crippen LogP contribution in [0.15, 0.2) is 105 Å². The summed E-state index contributed by atoms with van der Waals surface area (Å²) in [7, 11) is -9.61. The second-order valence-corrected chi connectivity index (χ2v) is 12.0. The fourth-order valence-electron chi connectivity index (χ4n) is 3.86. The quantitative estimate of drug-likeness (QED) is 0.0988. The Hall–Kier alpha value is -4.80. The smallest absolute Gasteiger partial charge is 0.295 e. The van der Waals surface area contributed by atoms with E-state index >= 15 is 0 Å². The van der Waals surface area contributed by atoms with E-state index in [0.29, 0.717) is 23.1 Å². The summed E-state index contributed by atoms with van der Waals surface area (Å²) in [4.78, 5) is 11.0. The maximum absolute atomic E-state index is 12.0. The summed E-state index contributed by atoms with van der Waals surface area (Å²) in [6.07, 6.45) is 1.74. The molecule has 0 saturated carbocycles. The average Bonchev–Trinajstić information content (AvgIpc) is 2.95. The largest absolute Gasteiger partial charge is 0.324 e. The summed E-state index contributed by atoms with van der Waals surface area (Å²) in [5.74, 6) is 0.0918. The summed E-state index contributed by atoms with van der Waals surface area (Å²) in [5, 5.41) is 14.3. The standard InChI is InChI=1S/C27H20ClN7O6S2/c1-2-16-3-6-19(7-4-16)34-35-20-11-9-18(10-12-20)29-26-31-25(28)32-27(33-26)30-21-8-5-17-13-22(42(36,37)38)15-24(23(17)14-21)43(39,40)41/h2-15H,1H2,(H,36,37,38)(H,39,40,41)(H2,29,30,31,32,33). The van der Waals surface area contributed by atoms with Gasteiger partial charge in [-0.2, -0.15) is 42.0 Å². The van der Waals surface area contributed by atoms with E-state index in [9.17, 15) is 25.9 Å². The molecular weight excluding hydrogens is 618 g/mol. The third-order valence-corrected chi connectivity index (χ3v) is 7.76. The minimum atomic E-state index is -4.87. The van der Waals surface area contributed by atoms with Crippen LogP contribution in [0.2, 0.25) is 5.28 Å². The fourth-order valence-corrected chi connectivity index (χ4v) is 5.37. The van der Waals surface area contributed by atoms with Gasteiger partial charge in [-0.25, -0.2) is 0 Å². The second kappa shape index (κ2) is 11.8. The van der Waals surface area contributed by atoms with Crippen LogP contribution in [-0.2, 0) is 20.2 Å². The van der Waals surface area contributed by atoms with Gasteiger partial charge >= 0.3 is 0 Å². The molecule has 0 fully saturated rings. The zero-order valence-corrected chi connectivity index (χ0v) is 24.1. The molecule has 0 aliphatic carbocycles.